The lowest BCUT2D eigenvalue weighted by Crippen LogP contribution is -2.42. The molecule has 1 heterocycles. The summed E-state index contributed by atoms with van der Waals surface area (Å²) in [6.07, 6.45) is 4.81. The lowest BCUT2D eigenvalue weighted by Gasteiger charge is -2.24. The van der Waals surface area contributed by atoms with Gasteiger partial charge in [-0.05, 0) is 19.8 Å². The molecule has 6 heteroatoms. The second-order valence-corrected chi connectivity index (χ2v) is 3.68. The van der Waals surface area contributed by atoms with Crippen LogP contribution in [0.4, 0.5) is 4.79 Å². The van der Waals surface area contributed by atoms with Crippen LogP contribution >= 0.6 is 0 Å². The van der Waals surface area contributed by atoms with Crippen LogP contribution in [0.3, 0.4) is 0 Å². The van der Waals surface area contributed by atoms with Gasteiger partial charge in [0.15, 0.2) is 5.81 Å². The molecular weight excluding hydrogens is 207 g/mol. The summed E-state index contributed by atoms with van der Waals surface area (Å²) in [6.45, 7) is 2.34. The van der Waals surface area contributed by atoms with Crippen molar-refractivity contribution in [3.8, 4) is 0 Å². The van der Waals surface area contributed by atoms with E-state index in [4.69, 9.17) is 12.7 Å². The molecule has 0 aromatic rings. The maximum absolute atomic E-state index is 11.4. The maximum Gasteiger partial charge on any atom is 0.246 e. The number of hydrogen-bond donors (Lipinski definition) is 2. The Labute approximate surface area is 96.0 Å². The summed E-state index contributed by atoms with van der Waals surface area (Å²) in [5, 5.41) is 2.58. The number of hydroxylamine groups is 1. The minimum Gasteiger partial charge on any atom is -0.360 e. The first-order valence-corrected chi connectivity index (χ1v) is 5.24. The van der Waals surface area contributed by atoms with E-state index in [-0.39, 0.29) is 17.9 Å². The number of rotatable bonds is 4. The molecule has 2 N–H and O–H groups in total. The summed E-state index contributed by atoms with van der Waals surface area (Å²) < 4.78 is 0. The van der Waals surface area contributed by atoms with Gasteiger partial charge in [0.1, 0.15) is 0 Å². The van der Waals surface area contributed by atoms with Gasteiger partial charge in [-0.3, -0.25) is 14.4 Å². The van der Waals surface area contributed by atoms with E-state index in [1.54, 1.807) is 0 Å². The van der Waals surface area contributed by atoms with Crippen LogP contribution in [0, 0.1) is 5.92 Å². The topological polar surface area (TPSA) is 67.4 Å². The monoisotopic (exact) mass is 222 g/mol. The summed E-state index contributed by atoms with van der Waals surface area (Å²) in [5.41, 5.74) is 2.33. The molecule has 0 aromatic heterocycles. The average molecular weight is 222 g/mol. The molecule has 0 bridgehead atoms. The van der Waals surface area contributed by atoms with Crippen molar-refractivity contribution >= 4 is 19.6 Å². The molecule has 1 saturated heterocycles. The average Bonchev–Trinajstić information content (AvgIpc) is 2.21. The molecule has 0 spiro atoms. The zero-order valence-corrected chi connectivity index (χ0v) is 9.23. The highest BCUT2D eigenvalue weighted by Gasteiger charge is 2.25. The Bertz CT molecular complexity index is 294. The fourth-order valence-electron chi connectivity index (χ4n) is 1.67. The zero-order chi connectivity index (χ0) is 12.0. The van der Waals surface area contributed by atoms with E-state index < -0.39 is 5.81 Å². The van der Waals surface area contributed by atoms with E-state index in [0.29, 0.717) is 19.4 Å². The quantitative estimate of drug-likeness (QED) is 0.529. The number of amides is 2. The molecule has 86 valence electrons. The molecule has 0 aliphatic carbocycles. The van der Waals surface area contributed by atoms with Gasteiger partial charge in [-0.1, -0.05) is 12.2 Å². The SMILES string of the molecule is [B]C(=O)NC(/C=C/C)CC1CCONC1=O. The highest BCUT2D eigenvalue weighted by atomic mass is 16.7. The first-order chi connectivity index (χ1) is 7.63. The van der Waals surface area contributed by atoms with Crippen LogP contribution in [0.1, 0.15) is 19.8 Å². The van der Waals surface area contributed by atoms with Crippen LogP contribution in [0.15, 0.2) is 12.2 Å². The highest BCUT2D eigenvalue weighted by molar-refractivity contribution is 6.57. The fraction of sp³-hybridized carbons (Fsp3) is 0.600. The van der Waals surface area contributed by atoms with Gasteiger partial charge < -0.3 is 5.32 Å². The molecule has 1 aliphatic rings. The van der Waals surface area contributed by atoms with Crippen molar-refractivity contribution in [1.82, 2.24) is 10.8 Å². The van der Waals surface area contributed by atoms with Gasteiger partial charge in [-0.2, -0.15) is 0 Å². The van der Waals surface area contributed by atoms with E-state index in [2.05, 4.69) is 10.8 Å². The molecule has 2 atom stereocenters. The number of carbonyl (C=O) groups is 2. The van der Waals surface area contributed by atoms with Crippen LogP contribution in [0.5, 0.6) is 0 Å². The summed E-state index contributed by atoms with van der Waals surface area (Å²) in [7, 11) is 5.05. The standard InChI is InChI=1S/C10H15BN2O3/c1-2-3-8(12-10(11)15)6-7-4-5-16-13-9(7)14/h2-3,7-8H,4-6H2,1H3,(H,12,15)(H,13,14)/b3-2+. The Morgan fingerprint density at radius 2 is 2.56 bits per heavy atom. The Morgan fingerprint density at radius 3 is 3.12 bits per heavy atom. The lowest BCUT2D eigenvalue weighted by molar-refractivity contribution is -0.145. The van der Waals surface area contributed by atoms with Crippen LogP contribution in [0.25, 0.3) is 0 Å². The fourth-order valence-corrected chi connectivity index (χ4v) is 1.67. The molecule has 0 aromatic carbocycles. The Hall–Kier alpha value is -1.30. The third-order valence-electron chi connectivity index (χ3n) is 2.40. The van der Waals surface area contributed by atoms with Crippen molar-refractivity contribution in [3.63, 3.8) is 0 Å². The highest BCUT2D eigenvalue weighted by Crippen LogP contribution is 2.15. The van der Waals surface area contributed by atoms with E-state index >= 15 is 0 Å². The predicted octanol–water partition coefficient (Wildman–Crippen LogP) is 0.267. The molecule has 1 fully saturated rings. The molecule has 0 saturated carbocycles. The minimum absolute atomic E-state index is 0.146. The second kappa shape index (κ2) is 6.32. The van der Waals surface area contributed by atoms with Gasteiger partial charge in [0.05, 0.1) is 6.61 Å². The molecule has 2 radical (unpaired) electrons. The molecular formula is C10H15BN2O3. The van der Waals surface area contributed by atoms with Gasteiger partial charge in [0, 0.05) is 12.0 Å². The number of hydrogen-bond acceptors (Lipinski definition) is 3. The third-order valence-corrected chi connectivity index (χ3v) is 2.40. The van der Waals surface area contributed by atoms with Gasteiger partial charge in [-0.15, -0.1) is 0 Å². The van der Waals surface area contributed by atoms with Gasteiger partial charge in [-0.25, -0.2) is 5.48 Å². The summed E-state index contributed by atoms with van der Waals surface area (Å²) in [6, 6.07) is -0.212. The van der Waals surface area contributed by atoms with Crippen molar-refractivity contribution in [2.24, 2.45) is 5.92 Å². The van der Waals surface area contributed by atoms with Crippen LogP contribution in [-0.4, -0.2) is 32.2 Å². The van der Waals surface area contributed by atoms with Crippen LogP contribution in [0.2, 0.25) is 0 Å². The van der Waals surface area contributed by atoms with Gasteiger partial charge in [0.2, 0.25) is 13.8 Å². The normalized spacial score (nSPS) is 22.8. The van der Waals surface area contributed by atoms with Gasteiger partial charge in [0.25, 0.3) is 0 Å². The van der Waals surface area contributed by atoms with Gasteiger partial charge >= 0.3 is 0 Å². The largest absolute Gasteiger partial charge is 0.360 e. The molecule has 2 unspecified atom stereocenters. The lowest BCUT2D eigenvalue weighted by atomic mass is 9.94. The first kappa shape index (κ1) is 12.8. The smallest absolute Gasteiger partial charge is 0.246 e. The molecule has 2 amide bonds. The first-order valence-electron chi connectivity index (χ1n) is 5.24. The van der Waals surface area contributed by atoms with Crippen molar-refractivity contribution < 1.29 is 14.4 Å². The van der Waals surface area contributed by atoms with Crippen LogP contribution < -0.4 is 10.8 Å². The van der Waals surface area contributed by atoms with E-state index in [0.717, 1.165) is 0 Å². The van der Waals surface area contributed by atoms with E-state index in [9.17, 15) is 9.59 Å². The second-order valence-electron chi connectivity index (χ2n) is 3.68. The molecule has 5 nitrogen and oxygen atoms in total. The summed E-state index contributed by atoms with van der Waals surface area (Å²) in [4.78, 5) is 27.0. The number of nitrogens with one attached hydrogen (secondary N) is 2. The van der Waals surface area contributed by atoms with Crippen molar-refractivity contribution in [3.05, 3.63) is 12.2 Å². The summed E-state index contributed by atoms with van der Waals surface area (Å²) >= 11 is 0. The van der Waals surface area contributed by atoms with E-state index in [1.165, 1.54) is 0 Å². The summed E-state index contributed by atoms with van der Waals surface area (Å²) in [5.74, 6) is -0.885. The predicted molar refractivity (Wildman–Crippen MR) is 59.7 cm³/mol. The molecule has 16 heavy (non-hydrogen) atoms. The van der Waals surface area contributed by atoms with Crippen LogP contribution in [-0.2, 0) is 9.63 Å². The maximum atomic E-state index is 11.4. The van der Waals surface area contributed by atoms with Crippen molar-refractivity contribution in [1.29, 1.82) is 0 Å². The minimum atomic E-state index is -0.587. The van der Waals surface area contributed by atoms with E-state index in [1.807, 2.05) is 19.1 Å². The number of carbonyl (C=O) groups excluding carboxylic acids is 2. The Kier molecular flexibility index (Phi) is 5.05. The third kappa shape index (κ3) is 4.06. The number of allylic oxidation sites excluding steroid dienone is 1. The molecule has 1 rings (SSSR count). The zero-order valence-electron chi connectivity index (χ0n) is 9.23. The Morgan fingerprint density at radius 1 is 1.81 bits per heavy atom. The Balaban J connectivity index is 2.52. The van der Waals surface area contributed by atoms with Crippen molar-refractivity contribution in [2.75, 3.05) is 6.61 Å². The molecule has 1 aliphatic heterocycles. The van der Waals surface area contributed by atoms with Crippen molar-refractivity contribution in [2.45, 2.75) is 25.8 Å².